The Kier molecular flexibility index (Phi) is 10.1. The standard InChI is InChI=1S/C52H55N5O.Pt/c1-49(2,3)30-34-21-22-54-48(23-34)57-44-16-14-13-15-42(44)43-19-18-40(29-46(43)57)58-41-28-39(31-53-32-41)56-33-55(45-20-17-35(27-47(45)56)50(4,5)6)38-25-36(51(7,8)9)24-37(26-38)52(10,11)12;/h13-27,31-32H,30H2,1-12H3;/q-2;/i30D2;. The molecular formula is C52H55N5OPt-2. The molecule has 8 rings (SSSR count). The van der Waals surface area contributed by atoms with Gasteiger partial charge in [0.1, 0.15) is 5.82 Å². The molecule has 0 N–H and O–H groups in total. The SMILES string of the molecule is [2H]C([2H])(c1ccnc(-n2c3[c-]c(Oc4[c-]c(-n5[c-][n+](-c6cc(C(C)(C)C)cc(C(C)(C)C)c6)c6ccc(C(C)(C)C)cc65)cnc4)ccc3c3ccccc32)c1)C(C)(C)C.[Pt]. The minimum Gasteiger partial charge on any atom is -0.508 e. The molecule has 0 amide bonds. The van der Waals surface area contributed by atoms with Gasteiger partial charge in [0.25, 0.3) is 6.33 Å². The molecule has 0 spiro atoms. The molecule has 0 aliphatic carbocycles. The van der Waals surface area contributed by atoms with Crippen LogP contribution in [0.4, 0.5) is 0 Å². The topological polar surface area (TPSA) is 48.8 Å². The van der Waals surface area contributed by atoms with E-state index in [9.17, 15) is 0 Å². The Morgan fingerprint density at radius 1 is 0.678 bits per heavy atom. The molecule has 0 saturated heterocycles. The van der Waals surface area contributed by atoms with E-state index in [-0.39, 0.29) is 37.3 Å². The Morgan fingerprint density at radius 3 is 2.05 bits per heavy atom. The molecule has 0 bridgehead atoms. The molecule has 4 heterocycles. The second-order valence-electron chi connectivity index (χ2n) is 19.6. The number of benzene rings is 4. The van der Waals surface area contributed by atoms with Crippen LogP contribution >= 0.6 is 0 Å². The Hall–Kier alpha value is -5.06. The van der Waals surface area contributed by atoms with Gasteiger partial charge in [0.05, 0.1) is 16.7 Å². The third-order valence-corrected chi connectivity index (χ3v) is 10.6. The summed E-state index contributed by atoms with van der Waals surface area (Å²) in [5.74, 6) is 1.53. The van der Waals surface area contributed by atoms with E-state index >= 15 is 0 Å². The van der Waals surface area contributed by atoms with Crippen LogP contribution in [0.1, 0.15) is 108 Å². The monoisotopic (exact) mass is 962 g/mol. The van der Waals surface area contributed by atoms with Gasteiger partial charge >= 0.3 is 0 Å². The zero-order valence-corrected chi connectivity index (χ0v) is 38.5. The van der Waals surface area contributed by atoms with E-state index in [1.54, 1.807) is 24.7 Å². The number of para-hydroxylation sites is 1. The van der Waals surface area contributed by atoms with Crippen molar-refractivity contribution in [3.8, 4) is 28.7 Å². The molecule has 0 unspecified atom stereocenters. The van der Waals surface area contributed by atoms with E-state index in [1.807, 2.05) is 60.2 Å². The minimum absolute atomic E-state index is 0. The average Bonchev–Trinajstić information content (AvgIpc) is 3.72. The number of fused-ring (bicyclic) bond motifs is 4. The van der Waals surface area contributed by atoms with E-state index in [2.05, 4.69) is 139 Å². The van der Waals surface area contributed by atoms with Gasteiger partial charge in [-0.05, 0) is 104 Å². The molecule has 8 aromatic rings. The number of nitrogens with zero attached hydrogens (tertiary/aromatic N) is 5. The summed E-state index contributed by atoms with van der Waals surface area (Å²) in [4.78, 5) is 9.40. The Balaban J connectivity index is 0.00000561. The number of hydrogen-bond donors (Lipinski definition) is 0. The van der Waals surface area contributed by atoms with Crippen LogP contribution in [0.5, 0.6) is 11.5 Å². The van der Waals surface area contributed by atoms with Crippen LogP contribution in [0.15, 0.2) is 104 Å². The zero-order valence-electron chi connectivity index (χ0n) is 38.3. The molecule has 4 aromatic carbocycles. The molecule has 7 heteroatoms. The predicted molar refractivity (Wildman–Crippen MR) is 237 cm³/mol. The number of hydrogen-bond acceptors (Lipinski definition) is 3. The first-order chi connectivity index (χ1) is 28.0. The first-order valence-corrected chi connectivity index (χ1v) is 20.2. The van der Waals surface area contributed by atoms with Crippen molar-refractivity contribution in [1.29, 1.82) is 0 Å². The van der Waals surface area contributed by atoms with Crippen molar-refractivity contribution < 1.29 is 33.1 Å². The molecule has 0 saturated carbocycles. The molecule has 0 aliphatic rings. The van der Waals surface area contributed by atoms with Gasteiger partial charge < -0.3 is 18.9 Å². The molecule has 59 heavy (non-hydrogen) atoms. The van der Waals surface area contributed by atoms with Crippen molar-refractivity contribution in [1.82, 2.24) is 19.1 Å². The average molecular weight is 963 g/mol. The smallest absolute Gasteiger partial charge is 0.268 e. The summed E-state index contributed by atoms with van der Waals surface area (Å²) in [6, 6.07) is 36.3. The van der Waals surface area contributed by atoms with Crippen molar-refractivity contribution in [2.45, 2.75) is 106 Å². The largest absolute Gasteiger partial charge is 0.508 e. The predicted octanol–water partition coefficient (Wildman–Crippen LogP) is 12.5. The summed E-state index contributed by atoms with van der Waals surface area (Å²) in [6.07, 6.45) is 7.26. The van der Waals surface area contributed by atoms with E-state index in [0.29, 0.717) is 28.6 Å². The van der Waals surface area contributed by atoms with Crippen LogP contribution in [0.3, 0.4) is 0 Å². The number of pyridine rings is 2. The van der Waals surface area contributed by atoms with E-state index in [0.717, 1.165) is 38.5 Å². The third-order valence-electron chi connectivity index (χ3n) is 10.6. The van der Waals surface area contributed by atoms with E-state index < -0.39 is 11.8 Å². The number of imidazole rings is 1. The van der Waals surface area contributed by atoms with Crippen LogP contribution < -0.4 is 9.30 Å². The maximum Gasteiger partial charge on any atom is 0.268 e. The number of ether oxygens (including phenoxy) is 1. The summed E-state index contributed by atoms with van der Waals surface area (Å²) in [7, 11) is 0. The maximum absolute atomic E-state index is 8.98. The van der Waals surface area contributed by atoms with Gasteiger partial charge in [-0.1, -0.05) is 131 Å². The van der Waals surface area contributed by atoms with Crippen molar-refractivity contribution in [2.75, 3.05) is 0 Å². The fourth-order valence-electron chi connectivity index (χ4n) is 7.43. The van der Waals surface area contributed by atoms with Gasteiger partial charge in [-0.25, -0.2) is 4.98 Å². The zero-order chi connectivity index (χ0) is 43.2. The van der Waals surface area contributed by atoms with Crippen LogP contribution in [0.25, 0.3) is 50.0 Å². The third kappa shape index (κ3) is 8.52. The van der Waals surface area contributed by atoms with Crippen molar-refractivity contribution in [2.24, 2.45) is 5.41 Å². The van der Waals surface area contributed by atoms with Gasteiger partial charge in [-0.15, -0.1) is 23.6 Å². The Morgan fingerprint density at radius 2 is 1.37 bits per heavy atom. The summed E-state index contributed by atoms with van der Waals surface area (Å²) in [6.45, 7) is 26.0. The first-order valence-electron chi connectivity index (χ1n) is 21.2. The van der Waals surface area contributed by atoms with E-state index in [4.69, 9.17) is 12.5 Å². The van der Waals surface area contributed by atoms with Crippen LogP contribution in [-0.2, 0) is 43.7 Å². The number of rotatable bonds is 6. The van der Waals surface area contributed by atoms with E-state index in [1.165, 1.54) is 16.7 Å². The second kappa shape index (κ2) is 15.2. The molecule has 306 valence electrons. The Bertz CT molecular complexity index is 2900. The first kappa shape index (κ1) is 39.4. The Labute approximate surface area is 367 Å². The van der Waals surface area contributed by atoms with Crippen LogP contribution in [0.2, 0.25) is 0 Å². The molecule has 6 nitrogen and oxygen atoms in total. The fourth-order valence-corrected chi connectivity index (χ4v) is 7.43. The van der Waals surface area contributed by atoms with Crippen molar-refractivity contribution in [3.63, 3.8) is 0 Å². The quantitative estimate of drug-likeness (QED) is 0.123. The molecule has 0 atom stereocenters. The summed E-state index contributed by atoms with van der Waals surface area (Å²) >= 11 is 0. The maximum atomic E-state index is 8.98. The van der Waals surface area contributed by atoms with Crippen LogP contribution in [-0.4, -0.2) is 19.1 Å². The summed E-state index contributed by atoms with van der Waals surface area (Å²) in [5.41, 5.74) is 8.98. The fraction of sp³-hybridized carbons (Fsp3) is 0.327. The van der Waals surface area contributed by atoms with Crippen LogP contribution in [0, 0.1) is 23.9 Å². The summed E-state index contributed by atoms with van der Waals surface area (Å²) in [5, 5.41) is 2.02. The molecular weight excluding hydrogens is 906 g/mol. The molecule has 0 fully saturated rings. The second-order valence-corrected chi connectivity index (χ2v) is 19.6. The van der Waals surface area contributed by atoms with Gasteiger partial charge in [0.2, 0.25) is 0 Å². The van der Waals surface area contributed by atoms with Gasteiger partial charge in [0, 0.05) is 47.0 Å². The van der Waals surface area contributed by atoms with Gasteiger partial charge in [0.15, 0.2) is 0 Å². The summed E-state index contributed by atoms with van der Waals surface area (Å²) < 4.78 is 30.7. The molecule has 0 aliphatic heterocycles. The molecule has 4 aromatic heterocycles. The number of aromatic nitrogens is 5. The van der Waals surface area contributed by atoms with Gasteiger partial charge in [-0.2, -0.15) is 6.07 Å². The molecule has 0 radical (unpaired) electrons. The van der Waals surface area contributed by atoms with Gasteiger partial charge in [-0.3, -0.25) is 4.57 Å². The van der Waals surface area contributed by atoms with Crippen molar-refractivity contribution in [3.05, 3.63) is 144 Å². The van der Waals surface area contributed by atoms with Crippen molar-refractivity contribution >= 4 is 32.8 Å². The normalized spacial score (nSPS) is 13.4. The minimum atomic E-state index is -1.59.